The zero-order chi connectivity index (χ0) is 14.7. The molecule has 0 aliphatic rings. The largest absolute Gasteiger partial charge is 0.384 e. The lowest BCUT2D eigenvalue weighted by molar-refractivity contribution is 0.805. The predicted molar refractivity (Wildman–Crippen MR) is 95.0 cm³/mol. The molecule has 2 heteroatoms. The van der Waals surface area contributed by atoms with Crippen LogP contribution in [0.25, 0.3) is 10.8 Å². The molecule has 3 rings (SSSR count). The number of anilines is 1. The van der Waals surface area contributed by atoms with Gasteiger partial charge in [-0.15, -0.1) is 0 Å². The Hall–Kier alpha value is -1.80. The topological polar surface area (TPSA) is 12.0 Å². The van der Waals surface area contributed by atoms with Crippen molar-refractivity contribution in [3.05, 3.63) is 76.8 Å². The minimum Gasteiger partial charge on any atom is -0.384 e. The van der Waals surface area contributed by atoms with Gasteiger partial charge >= 0.3 is 0 Å². The first-order chi connectivity index (χ1) is 10.2. The van der Waals surface area contributed by atoms with Crippen LogP contribution < -0.4 is 5.32 Å². The van der Waals surface area contributed by atoms with Crippen LogP contribution in [-0.4, -0.2) is 6.54 Å². The molecule has 0 amide bonds. The van der Waals surface area contributed by atoms with E-state index in [1.807, 2.05) is 0 Å². The van der Waals surface area contributed by atoms with Gasteiger partial charge in [-0.2, -0.15) is 0 Å². The second-order valence-corrected chi connectivity index (χ2v) is 6.31. The van der Waals surface area contributed by atoms with Gasteiger partial charge in [0.2, 0.25) is 0 Å². The lowest BCUT2D eigenvalue weighted by atomic mass is 10.0. The molecular weight excluding hydrogens is 322 g/mol. The van der Waals surface area contributed by atoms with Gasteiger partial charge in [0.1, 0.15) is 0 Å². The molecule has 0 bridgehead atoms. The van der Waals surface area contributed by atoms with E-state index in [9.17, 15) is 0 Å². The van der Waals surface area contributed by atoms with Crippen molar-refractivity contribution in [3.63, 3.8) is 0 Å². The molecule has 21 heavy (non-hydrogen) atoms. The molecule has 0 aromatic heterocycles. The minimum atomic E-state index is 0.492. The molecule has 0 spiro atoms. The van der Waals surface area contributed by atoms with E-state index in [1.165, 1.54) is 22.0 Å². The van der Waals surface area contributed by atoms with Gasteiger partial charge in [0.05, 0.1) is 0 Å². The smallest absolute Gasteiger partial charge is 0.0346 e. The molecule has 1 unspecified atom stereocenters. The summed E-state index contributed by atoms with van der Waals surface area (Å²) in [5, 5.41) is 6.05. The fourth-order valence-corrected chi connectivity index (χ4v) is 2.88. The number of halogens is 1. The third kappa shape index (κ3) is 3.45. The van der Waals surface area contributed by atoms with Crippen molar-refractivity contribution >= 4 is 32.4 Å². The highest BCUT2D eigenvalue weighted by molar-refractivity contribution is 9.10. The number of hydrogen-bond donors (Lipinski definition) is 1. The predicted octanol–water partition coefficient (Wildman–Crippen LogP) is 5.82. The first-order valence-electron chi connectivity index (χ1n) is 7.20. The summed E-state index contributed by atoms with van der Waals surface area (Å²) in [5.74, 6) is 0.492. The fourth-order valence-electron chi connectivity index (χ4n) is 2.50. The summed E-state index contributed by atoms with van der Waals surface area (Å²) in [6, 6.07) is 23.5. The van der Waals surface area contributed by atoms with Crippen LogP contribution in [0.1, 0.15) is 18.4 Å². The maximum atomic E-state index is 3.54. The summed E-state index contributed by atoms with van der Waals surface area (Å²) in [4.78, 5) is 0. The zero-order valence-corrected chi connectivity index (χ0v) is 13.6. The van der Waals surface area contributed by atoms with Gasteiger partial charge in [-0.1, -0.05) is 65.3 Å². The van der Waals surface area contributed by atoms with Crippen LogP contribution in [0, 0.1) is 0 Å². The number of rotatable bonds is 4. The third-order valence-corrected chi connectivity index (χ3v) is 4.28. The maximum absolute atomic E-state index is 3.54. The van der Waals surface area contributed by atoms with Gasteiger partial charge < -0.3 is 5.32 Å². The van der Waals surface area contributed by atoms with Gasteiger partial charge in [-0.3, -0.25) is 0 Å². The Kier molecular flexibility index (Phi) is 4.26. The Balaban J connectivity index is 1.72. The SMILES string of the molecule is CC(CNc1ccc2cc(Br)ccc2c1)c1ccccc1. The van der Waals surface area contributed by atoms with Gasteiger partial charge in [0.15, 0.2) is 0 Å². The highest BCUT2D eigenvalue weighted by Gasteiger charge is 2.04. The number of fused-ring (bicyclic) bond motifs is 1. The molecule has 0 fully saturated rings. The van der Waals surface area contributed by atoms with E-state index in [0.29, 0.717) is 5.92 Å². The molecule has 0 radical (unpaired) electrons. The van der Waals surface area contributed by atoms with Crippen LogP contribution >= 0.6 is 15.9 Å². The van der Waals surface area contributed by atoms with E-state index in [-0.39, 0.29) is 0 Å². The highest BCUT2D eigenvalue weighted by Crippen LogP contribution is 2.23. The number of hydrogen-bond acceptors (Lipinski definition) is 1. The van der Waals surface area contributed by atoms with E-state index in [4.69, 9.17) is 0 Å². The monoisotopic (exact) mass is 339 g/mol. The van der Waals surface area contributed by atoms with Crippen molar-refractivity contribution in [3.8, 4) is 0 Å². The molecule has 0 saturated carbocycles. The van der Waals surface area contributed by atoms with Crippen molar-refractivity contribution in [2.45, 2.75) is 12.8 Å². The van der Waals surface area contributed by atoms with Gasteiger partial charge in [-0.05, 0) is 46.5 Å². The van der Waals surface area contributed by atoms with E-state index in [0.717, 1.165) is 11.0 Å². The average Bonchev–Trinajstić information content (AvgIpc) is 2.53. The summed E-state index contributed by atoms with van der Waals surface area (Å²) < 4.78 is 1.12. The van der Waals surface area contributed by atoms with E-state index >= 15 is 0 Å². The summed E-state index contributed by atoms with van der Waals surface area (Å²) in [5.41, 5.74) is 2.54. The minimum absolute atomic E-state index is 0.492. The standard InChI is InChI=1S/C19H18BrN/c1-14(15-5-3-2-4-6-15)13-21-19-10-8-16-11-18(20)9-7-17(16)12-19/h2-12,14,21H,13H2,1H3. The maximum Gasteiger partial charge on any atom is 0.0346 e. The Morgan fingerprint density at radius 3 is 2.43 bits per heavy atom. The molecule has 1 atom stereocenters. The molecule has 0 saturated heterocycles. The van der Waals surface area contributed by atoms with Crippen molar-refractivity contribution in [1.29, 1.82) is 0 Å². The van der Waals surface area contributed by atoms with Crippen LogP contribution in [0.3, 0.4) is 0 Å². The lowest BCUT2D eigenvalue weighted by Crippen LogP contribution is -2.09. The molecule has 0 aliphatic carbocycles. The Morgan fingerprint density at radius 2 is 1.62 bits per heavy atom. The van der Waals surface area contributed by atoms with Crippen LogP contribution in [0.5, 0.6) is 0 Å². The van der Waals surface area contributed by atoms with Gasteiger partial charge in [0.25, 0.3) is 0 Å². The van der Waals surface area contributed by atoms with Crippen molar-refractivity contribution in [1.82, 2.24) is 0 Å². The summed E-state index contributed by atoms with van der Waals surface area (Å²) in [6.07, 6.45) is 0. The normalized spacial score (nSPS) is 12.3. The van der Waals surface area contributed by atoms with Gasteiger partial charge in [-0.25, -0.2) is 0 Å². The quantitative estimate of drug-likeness (QED) is 0.631. The molecule has 3 aromatic carbocycles. The fraction of sp³-hybridized carbons (Fsp3) is 0.158. The van der Waals surface area contributed by atoms with E-state index < -0.39 is 0 Å². The summed E-state index contributed by atoms with van der Waals surface area (Å²) >= 11 is 3.51. The second-order valence-electron chi connectivity index (χ2n) is 5.40. The molecule has 3 aromatic rings. The number of benzene rings is 3. The molecule has 1 N–H and O–H groups in total. The highest BCUT2D eigenvalue weighted by atomic mass is 79.9. The first kappa shape index (κ1) is 14.2. The van der Waals surface area contributed by atoms with Crippen molar-refractivity contribution in [2.24, 2.45) is 0 Å². The zero-order valence-electron chi connectivity index (χ0n) is 12.0. The van der Waals surface area contributed by atoms with Gasteiger partial charge in [0, 0.05) is 16.7 Å². The Bertz CT molecular complexity index is 737. The van der Waals surface area contributed by atoms with E-state index in [1.54, 1.807) is 0 Å². The lowest BCUT2D eigenvalue weighted by Gasteiger charge is -2.14. The average molecular weight is 340 g/mol. The molecule has 0 heterocycles. The summed E-state index contributed by atoms with van der Waals surface area (Å²) in [7, 11) is 0. The van der Waals surface area contributed by atoms with Crippen LogP contribution in [0.15, 0.2) is 71.2 Å². The van der Waals surface area contributed by atoms with Crippen molar-refractivity contribution < 1.29 is 0 Å². The van der Waals surface area contributed by atoms with Crippen LogP contribution in [0.2, 0.25) is 0 Å². The number of nitrogens with one attached hydrogen (secondary N) is 1. The molecular formula is C19H18BrN. The van der Waals surface area contributed by atoms with Crippen LogP contribution in [-0.2, 0) is 0 Å². The van der Waals surface area contributed by atoms with E-state index in [2.05, 4.69) is 94.9 Å². The Morgan fingerprint density at radius 1 is 0.905 bits per heavy atom. The Labute approximate surface area is 134 Å². The molecule has 0 aliphatic heterocycles. The first-order valence-corrected chi connectivity index (χ1v) is 8.00. The van der Waals surface area contributed by atoms with Crippen molar-refractivity contribution in [2.75, 3.05) is 11.9 Å². The molecule has 1 nitrogen and oxygen atoms in total. The summed E-state index contributed by atoms with van der Waals surface area (Å²) in [6.45, 7) is 3.19. The van der Waals surface area contributed by atoms with Crippen LogP contribution in [0.4, 0.5) is 5.69 Å². The third-order valence-electron chi connectivity index (χ3n) is 3.78. The second kappa shape index (κ2) is 6.31. The molecule has 106 valence electrons.